The van der Waals surface area contributed by atoms with E-state index in [-0.39, 0.29) is 0 Å². The second kappa shape index (κ2) is 10.8. The van der Waals surface area contributed by atoms with E-state index < -0.39 is 0 Å². The minimum Gasteiger partial charge on any atom is -0.306 e. The molecule has 2 heteroatoms. The molecule has 2 aliphatic rings. The van der Waals surface area contributed by atoms with Crippen molar-refractivity contribution in [3.05, 3.63) is 0 Å². The largest absolute Gasteiger partial charge is 0.306 e. The number of likely N-dealkylation sites (tertiary alicyclic amines) is 2. The minimum absolute atomic E-state index is 0.952. The van der Waals surface area contributed by atoms with Crippen LogP contribution in [0.3, 0.4) is 0 Å². The lowest BCUT2D eigenvalue weighted by molar-refractivity contribution is 0.168. The Hall–Kier alpha value is -0.0800. The van der Waals surface area contributed by atoms with Gasteiger partial charge in [-0.15, -0.1) is 0 Å². The molecule has 2 nitrogen and oxygen atoms in total. The standard InChI is InChI=1S/C12H24N2.2C2H6/c1-11-3-7-14(8-4-11)10-12-5-6-13(2)9-12;2*1-2/h11-12H,3-10H2,1-2H3;2*1-2H3. The van der Waals surface area contributed by atoms with Crippen molar-refractivity contribution in [2.75, 3.05) is 39.8 Å². The first-order chi connectivity index (χ1) is 8.74. The maximum atomic E-state index is 2.68. The summed E-state index contributed by atoms with van der Waals surface area (Å²) in [6.07, 6.45) is 4.26. The van der Waals surface area contributed by atoms with Gasteiger partial charge in [-0.2, -0.15) is 0 Å². The maximum Gasteiger partial charge on any atom is 0.00224 e. The Morgan fingerprint density at radius 3 is 1.89 bits per heavy atom. The molecule has 0 aliphatic carbocycles. The molecule has 2 heterocycles. The molecule has 0 saturated carbocycles. The average Bonchev–Trinajstić information content (AvgIpc) is 2.83. The van der Waals surface area contributed by atoms with Gasteiger partial charge in [-0.1, -0.05) is 34.6 Å². The van der Waals surface area contributed by atoms with Gasteiger partial charge in [0.2, 0.25) is 0 Å². The molecule has 0 spiro atoms. The van der Waals surface area contributed by atoms with Gasteiger partial charge < -0.3 is 9.80 Å². The van der Waals surface area contributed by atoms with Crippen LogP contribution in [0.2, 0.25) is 0 Å². The van der Waals surface area contributed by atoms with E-state index in [4.69, 9.17) is 0 Å². The molecule has 2 fully saturated rings. The topological polar surface area (TPSA) is 6.48 Å². The van der Waals surface area contributed by atoms with Crippen molar-refractivity contribution in [3.8, 4) is 0 Å². The molecule has 0 radical (unpaired) electrons. The Balaban J connectivity index is 0.000000659. The van der Waals surface area contributed by atoms with Gasteiger partial charge in [-0.05, 0) is 57.8 Å². The lowest BCUT2D eigenvalue weighted by Gasteiger charge is -2.32. The molecule has 1 atom stereocenters. The van der Waals surface area contributed by atoms with Crippen molar-refractivity contribution < 1.29 is 0 Å². The molecule has 2 rings (SSSR count). The highest BCUT2D eigenvalue weighted by atomic mass is 15.2. The van der Waals surface area contributed by atoms with Crippen LogP contribution in [0.25, 0.3) is 0 Å². The highest BCUT2D eigenvalue weighted by molar-refractivity contribution is 4.78. The van der Waals surface area contributed by atoms with Gasteiger partial charge in [-0.3, -0.25) is 0 Å². The van der Waals surface area contributed by atoms with Gasteiger partial charge >= 0.3 is 0 Å². The fourth-order valence-electron chi connectivity index (χ4n) is 2.79. The summed E-state index contributed by atoms with van der Waals surface area (Å²) in [4.78, 5) is 5.15. The van der Waals surface area contributed by atoms with Gasteiger partial charge in [0, 0.05) is 13.1 Å². The van der Waals surface area contributed by atoms with Gasteiger partial charge in [0.05, 0.1) is 0 Å². The molecule has 2 aliphatic heterocycles. The summed E-state index contributed by atoms with van der Waals surface area (Å²) >= 11 is 0. The Kier molecular flexibility index (Phi) is 10.8. The first kappa shape index (κ1) is 17.9. The predicted octanol–water partition coefficient (Wildman–Crippen LogP) is 3.72. The van der Waals surface area contributed by atoms with E-state index in [1.54, 1.807) is 0 Å². The molecule has 0 aromatic heterocycles. The highest BCUT2D eigenvalue weighted by Gasteiger charge is 2.23. The van der Waals surface area contributed by atoms with E-state index in [2.05, 4.69) is 23.8 Å². The van der Waals surface area contributed by atoms with Gasteiger partial charge in [0.25, 0.3) is 0 Å². The minimum atomic E-state index is 0.952. The average molecular weight is 256 g/mol. The van der Waals surface area contributed by atoms with Gasteiger partial charge in [0.1, 0.15) is 0 Å². The lowest BCUT2D eigenvalue weighted by atomic mass is 9.98. The quantitative estimate of drug-likeness (QED) is 0.743. The van der Waals surface area contributed by atoms with Crippen LogP contribution in [0.5, 0.6) is 0 Å². The highest BCUT2D eigenvalue weighted by Crippen LogP contribution is 2.20. The van der Waals surface area contributed by atoms with Crippen molar-refractivity contribution in [1.82, 2.24) is 9.80 Å². The van der Waals surface area contributed by atoms with E-state index in [0.29, 0.717) is 0 Å². The molecule has 18 heavy (non-hydrogen) atoms. The second-order valence-electron chi connectivity index (χ2n) is 5.40. The summed E-state index contributed by atoms with van der Waals surface area (Å²) in [5.74, 6) is 1.92. The van der Waals surface area contributed by atoms with Crippen LogP contribution >= 0.6 is 0 Å². The van der Waals surface area contributed by atoms with Gasteiger partial charge in [-0.25, -0.2) is 0 Å². The van der Waals surface area contributed by atoms with E-state index in [0.717, 1.165) is 11.8 Å². The molecule has 0 N–H and O–H groups in total. The number of hydrogen-bond donors (Lipinski definition) is 0. The van der Waals surface area contributed by atoms with Crippen LogP contribution < -0.4 is 0 Å². The maximum absolute atomic E-state index is 2.68. The van der Waals surface area contributed by atoms with E-state index in [9.17, 15) is 0 Å². The van der Waals surface area contributed by atoms with Crippen LogP contribution in [-0.2, 0) is 0 Å². The third-order valence-electron chi connectivity index (χ3n) is 3.88. The zero-order valence-electron chi connectivity index (χ0n) is 13.7. The summed E-state index contributed by atoms with van der Waals surface area (Å²) in [7, 11) is 2.25. The Morgan fingerprint density at radius 1 is 0.889 bits per heavy atom. The lowest BCUT2D eigenvalue weighted by Crippen LogP contribution is -2.37. The summed E-state index contributed by atoms with van der Waals surface area (Å²) < 4.78 is 0. The van der Waals surface area contributed by atoms with Crippen LogP contribution in [-0.4, -0.2) is 49.6 Å². The Labute approximate surface area is 116 Å². The number of hydrogen-bond acceptors (Lipinski definition) is 2. The summed E-state index contributed by atoms with van der Waals surface area (Å²) in [6, 6.07) is 0. The Morgan fingerprint density at radius 2 is 1.44 bits per heavy atom. The molecule has 110 valence electrons. The van der Waals surface area contributed by atoms with E-state index in [1.165, 1.54) is 52.0 Å². The fraction of sp³-hybridized carbons (Fsp3) is 1.00. The van der Waals surface area contributed by atoms with E-state index in [1.807, 2.05) is 27.7 Å². The summed E-state index contributed by atoms with van der Waals surface area (Å²) in [6.45, 7) is 17.1. The zero-order valence-corrected chi connectivity index (χ0v) is 13.7. The summed E-state index contributed by atoms with van der Waals surface area (Å²) in [5.41, 5.74) is 0. The van der Waals surface area contributed by atoms with Crippen molar-refractivity contribution in [3.63, 3.8) is 0 Å². The first-order valence-electron chi connectivity index (χ1n) is 8.15. The van der Waals surface area contributed by atoms with E-state index >= 15 is 0 Å². The van der Waals surface area contributed by atoms with Crippen LogP contribution in [0.15, 0.2) is 0 Å². The fourth-order valence-corrected chi connectivity index (χ4v) is 2.79. The molecule has 0 bridgehead atoms. The smallest absolute Gasteiger partial charge is 0.00224 e. The van der Waals surface area contributed by atoms with Crippen molar-refractivity contribution in [1.29, 1.82) is 0 Å². The molecule has 1 unspecified atom stereocenters. The van der Waals surface area contributed by atoms with Crippen LogP contribution in [0, 0.1) is 11.8 Å². The van der Waals surface area contributed by atoms with Crippen LogP contribution in [0.1, 0.15) is 53.9 Å². The third-order valence-corrected chi connectivity index (χ3v) is 3.88. The third kappa shape index (κ3) is 6.75. The molecular formula is C16H36N2. The normalized spacial score (nSPS) is 26.0. The van der Waals surface area contributed by atoms with Gasteiger partial charge in [0.15, 0.2) is 0 Å². The number of piperidine rings is 1. The van der Waals surface area contributed by atoms with Crippen molar-refractivity contribution in [2.45, 2.75) is 53.9 Å². The SMILES string of the molecule is CC.CC.CC1CCN(CC2CCN(C)C2)CC1. The molecule has 0 amide bonds. The number of rotatable bonds is 2. The molecular weight excluding hydrogens is 220 g/mol. The number of nitrogens with zero attached hydrogens (tertiary/aromatic N) is 2. The summed E-state index contributed by atoms with van der Waals surface area (Å²) in [5, 5.41) is 0. The van der Waals surface area contributed by atoms with Crippen molar-refractivity contribution in [2.24, 2.45) is 11.8 Å². The second-order valence-corrected chi connectivity index (χ2v) is 5.40. The molecule has 0 aromatic rings. The molecule has 2 saturated heterocycles. The predicted molar refractivity (Wildman–Crippen MR) is 83.1 cm³/mol. The zero-order chi connectivity index (χ0) is 14.0. The first-order valence-corrected chi connectivity index (χ1v) is 8.15. The Bertz CT molecular complexity index is 174. The van der Waals surface area contributed by atoms with Crippen LogP contribution in [0.4, 0.5) is 0 Å². The monoisotopic (exact) mass is 256 g/mol. The molecule has 0 aromatic carbocycles. The van der Waals surface area contributed by atoms with Crippen molar-refractivity contribution >= 4 is 0 Å².